The molecule has 2 rings (SSSR count). The van der Waals surface area contributed by atoms with Gasteiger partial charge < -0.3 is 15.5 Å². The summed E-state index contributed by atoms with van der Waals surface area (Å²) in [5, 5.41) is 6.17. The van der Waals surface area contributed by atoms with Gasteiger partial charge in [-0.3, -0.25) is 4.79 Å². The number of hydrogen-bond donors (Lipinski definition) is 2. The Morgan fingerprint density at radius 2 is 1.67 bits per heavy atom. The second-order valence-electron chi connectivity index (χ2n) is 6.00. The van der Waals surface area contributed by atoms with Crippen LogP contribution in [0.1, 0.15) is 26.7 Å². The molecule has 24 heavy (non-hydrogen) atoms. The molecule has 0 aliphatic carbocycles. The number of nitrogens with zero attached hydrogens (tertiary/aromatic N) is 2. The predicted octanol–water partition coefficient (Wildman–Crippen LogP) is 4.27. The summed E-state index contributed by atoms with van der Waals surface area (Å²) in [5.41, 5.74) is 2.84. The van der Waals surface area contributed by atoms with Crippen molar-refractivity contribution < 1.29 is 4.79 Å². The molecule has 2 aromatic rings. The second-order valence-corrected chi connectivity index (χ2v) is 6.00. The van der Waals surface area contributed by atoms with E-state index in [2.05, 4.69) is 20.5 Å². The van der Waals surface area contributed by atoms with Crippen LogP contribution in [-0.2, 0) is 4.79 Å². The Hall–Kier alpha value is -2.56. The van der Waals surface area contributed by atoms with E-state index in [0.717, 1.165) is 35.7 Å². The molecule has 0 fully saturated rings. The third kappa shape index (κ3) is 4.72. The quantitative estimate of drug-likeness (QED) is 0.798. The highest BCUT2D eigenvalue weighted by Crippen LogP contribution is 2.20. The molecule has 0 radical (unpaired) electrons. The molecule has 0 atom stereocenters. The molecule has 0 bridgehead atoms. The number of pyridine rings is 1. The number of amides is 1. The van der Waals surface area contributed by atoms with E-state index < -0.39 is 0 Å². The Morgan fingerprint density at radius 3 is 2.17 bits per heavy atom. The Kier molecular flexibility index (Phi) is 6.18. The van der Waals surface area contributed by atoms with E-state index in [-0.39, 0.29) is 11.8 Å². The summed E-state index contributed by atoms with van der Waals surface area (Å²) in [7, 11) is 4.03. The van der Waals surface area contributed by atoms with Crippen molar-refractivity contribution in [1.82, 2.24) is 4.98 Å². The summed E-state index contributed by atoms with van der Waals surface area (Å²) in [6, 6.07) is 11.9. The summed E-state index contributed by atoms with van der Waals surface area (Å²) in [4.78, 5) is 18.5. The zero-order chi connectivity index (χ0) is 17.5. The van der Waals surface area contributed by atoms with Crippen molar-refractivity contribution in [1.29, 1.82) is 0 Å². The molecular formula is C19H26N4O. The first-order valence-electron chi connectivity index (χ1n) is 8.34. The molecule has 1 heterocycles. The summed E-state index contributed by atoms with van der Waals surface area (Å²) in [5.74, 6) is 0.855. The molecule has 5 heteroatoms. The van der Waals surface area contributed by atoms with Gasteiger partial charge in [0, 0.05) is 31.4 Å². The smallest absolute Gasteiger partial charge is 0.227 e. The third-order valence-corrected chi connectivity index (χ3v) is 4.04. The van der Waals surface area contributed by atoms with Crippen molar-refractivity contribution in [2.45, 2.75) is 26.7 Å². The highest BCUT2D eigenvalue weighted by atomic mass is 16.1. The number of carbonyl (C=O) groups is 1. The fourth-order valence-electron chi connectivity index (χ4n) is 2.44. The first-order valence-corrected chi connectivity index (χ1v) is 8.34. The normalized spacial score (nSPS) is 10.5. The van der Waals surface area contributed by atoms with E-state index in [0.29, 0.717) is 0 Å². The van der Waals surface area contributed by atoms with Gasteiger partial charge in [-0.1, -0.05) is 13.8 Å². The fourth-order valence-corrected chi connectivity index (χ4v) is 2.44. The SMILES string of the molecule is CCC(CC)C(=O)Nc1ccc(Nc2ccc(N(C)C)cc2)nc1. The minimum absolute atomic E-state index is 0.0537. The fraction of sp³-hybridized carbons (Fsp3) is 0.368. The monoisotopic (exact) mass is 326 g/mol. The molecule has 0 spiro atoms. The number of benzene rings is 1. The molecule has 2 N–H and O–H groups in total. The molecular weight excluding hydrogens is 300 g/mol. The summed E-state index contributed by atoms with van der Waals surface area (Å²) in [6.07, 6.45) is 3.37. The number of nitrogens with one attached hydrogen (secondary N) is 2. The Morgan fingerprint density at radius 1 is 1.04 bits per heavy atom. The van der Waals surface area contributed by atoms with Crippen molar-refractivity contribution >= 4 is 28.8 Å². The van der Waals surface area contributed by atoms with E-state index in [1.807, 2.05) is 64.3 Å². The molecule has 128 valence electrons. The van der Waals surface area contributed by atoms with Gasteiger partial charge in [0.05, 0.1) is 11.9 Å². The van der Waals surface area contributed by atoms with E-state index in [1.165, 1.54) is 0 Å². The van der Waals surface area contributed by atoms with Crippen LogP contribution in [0.4, 0.5) is 22.9 Å². The highest BCUT2D eigenvalue weighted by Gasteiger charge is 2.14. The lowest BCUT2D eigenvalue weighted by Crippen LogP contribution is -2.21. The first-order chi connectivity index (χ1) is 11.5. The zero-order valence-electron chi connectivity index (χ0n) is 14.8. The lowest BCUT2D eigenvalue weighted by molar-refractivity contribution is -0.120. The molecule has 0 aliphatic heterocycles. The highest BCUT2D eigenvalue weighted by molar-refractivity contribution is 5.92. The van der Waals surface area contributed by atoms with Gasteiger partial charge in [0.15, 0.2) is 0 Å². The summed E-state index contributed by atoms with van der Waals surface area (Å²) in [6.45, 7) is 4.06. The number of carbonyl (C=O) groups excluding carboxylic acids is 1. The Labute approximate surface area is 144 Å². The van der Waals surface area contributed by atoms with Gasteiger partial charge in [-0.2, -0.15) is 0 Å². The average molecular weight is 326 g/mol. The van der Waals surface area contributed by atoms with Crippen LogP contribution in [0.5, 0.6) is 0 Å². The Balaban J connectivity index is 1.97. The van der Waals surface area contributed by atoms with Gasteiger partial charge in [-0.25, -0.2) is 4.98 Å². The maximum absolute atomic E-state index is 12.1. The van der Waals surface area contributed by atoms with Gasteiger partial charge in [0.2, 0.25) is 5.91 Å². The van der Waals surface area contributed by atoms with E-state index >= 15 is 0 Å². The van der Waals surface area contributed by atoms with Crippen molar-refractivity contribution in [2.24, 2.45) is 5.92 Å². The van der Waals surface area contributed by atoms with Gasteiger partial charge in [0.1, 0.15) is 5.82 Å². The van der Waals surface area contributed by atoms with Gasteiger partial charge in [-0.05, 0) is 49.2 Å². The topological polar surface area (TPSA) is 57.3 Å². The van der Waals surface area contributed by atoms with Gasteiger partial charge >= 0.3 is 0 Å². The minimum Gasteiger partial charge on any atom is -0.378 e. The van der Waals surface area contributed by atoms with Gasteiger partial charge in [-0.15, -0.1) is 0 Å². The molecule has 0 aliphatic rings. The molecule has 1 aromatic heterocycles. The van der Waals surface area contributed by atoms with E-state index in [9.17, 15) is 4.79 Å². The number of hydrogen-bond acceptors (Lipinski definition) is 4. The lowest BCUT2D eigenvalue weighted by Gasteiger charge is -2.14. The summed E-state index contributed by atoms with van der Waals surface area (Å²) < 4.78 is 0. The first kappa shape index (κ1) is 17.8. The lowest BCUT2D eigenvalue weighted by atomic mass is 10.0. The summed E-state index contributed by atoms with van der Waals surface area (Å²) >= 11 is 0. The van der Waals surface area contributed by atoms with Crippen LogP contribution in [0.25, 0.3) is 0 Å². The van der Waals surface area contributed by atoms with Crippen molar-refractivity contribution in [3.05, 3.63) is 42.6 Å². The average Bonchev–Trinajstić information content (AvgIpc) is 2.58. The predicted molar refractivity (Wildman–Crippen MR) is 101 cm³/mol. The number of rotatable bonds is 7. The minimum atomic E-state index is 0.0537. The maximum atomic E-state index is 12.1. The standard InChI is InChI=1S/C19H26N4O/c1-5-14(6-2)19(24)22-16-9-12-18(20-13-16)21-15-7-10-17(11-8-15)23(3)4/h7-14H,5-6H2,1-4H3,(H,20,21)(H,22,24). The van der Waals surface area contributed by atoms with E-state index in [4.69, 9.17) is 0 Å². The van der Waals surface area contributed by atoms with E-state index in [1.54, 1.807) is 6.20 Å². The zero-order valence-corrected chi connectivity index (χ0v) is 14.8. The van der Waals surface area contributed by atoms with Gasteiger partial charge in [0.25, 0.3) is 0 Å². The molecule has 0 saturated heterocycles. The molecule has 0 unspecified atom stereocenters. The van der Waals surface area contributed by atoms with Crippen LogP contribution in [0.2, 0.25) is 0 Å². The Bertz CT molecular complexity index is 646. The molecule has 5 nitrogen and oxygen atoms in total. The van der Waals surface area contributed by atoms with Crippen LogP contribution in [0.15, 0.2) is 42.6 Å². The van der Waals surface area contributed by atoms with Crippen molar-refractivity contribution in [3.8, 4) is 0 Å². The molecule has 1 aromatic carbocycles. The van der Waals surface area contributed by atoms with Crippen molar-refractivity contribution in [2.75, 3.05) is 29.6 Å². The van der Waals surface area contributed by atoms with Crippen LogP contribution < -0.4 is 15.5 Å². The second kappa shape index (κ2) is 8.34. The largest absolute Gasteiger partial charge is 0.378 e. The van der Waals surface area contributed by atoms with Crippen LogP contribution in [0, 0.1) is 5.92 Å². The van der Waals surface area contributed by atoms with Crippen LogP contribution in [-0.4, -0.2) is 25.0 Å². The number of aromatic nitrogens is 1. The number of anilines is 4. The van der Waals surface area contributed by atoms with Crippen LogP contribution in [0.3, 0.4) is 0 Å². The molecule has 0 saturated carbocycles. The van der Waals surface area contributed by atoms with Crippen LogP contribution >= 0.6 is 0 Å². The van der Waals surface area contributed by atoms with Crippen molar-refractivity contribution in [3.63, 3.8) is 0 Å². The molecule has 1 amide bonds. The maximum Gasteiger partial charge on any atom is 0.227 e. The third-order valence-electron chi connectivity index (χ3n) is 4.04.